The lowest BCUT2D eigenvalue weighted by Crippen LogP contribution is -2.04. The highest BCUT2D eigenvalue weighted by Gasteiger charge is 2.22. The molecule has 0 radical (unpaired) electrons. The van der Waals surface area contributed by atoms with Gasteiger partial charge >= 0.3 is 11.9 Å². The number of hydrogen-bond donors (Lipinski definition) is 4. The number of nitrogens with zero attached hydrogens (tertiary/aromatic N) is 2. The highest BCUT2D eigenvalue weighted by molar-refractivity contribution is 6.02. The summed E-state index contributed by atoms with van der Waals surface area (Å²) in [7, 11) is 0. The number of carboxylic acids is 2. The van der Waals surface area contributed by atoms with E-state index in [2.05, 4.69) is 9.97 Å². The summed E-state index contributed by atoms with van der Waals surface area (Å²) < 4.78 is 0. The van der Waals surface area contributed by atoms with Gasteiger partial charge in [-0.3, -0.25) is 9.97 Å². The summed E-state index contributed by atoms with van der Waals surface area (Å²) in [5, 5.41) is 42.8. The number of carboxylic acid groups (broad SMARTS) is 2. The van der Waals surface area contributed by atoms with Crippen LogP contribution in [0.1, 0.15) is 31.8 Å². The molecule has 2 heterocycles. The van der Waals surface area contributed by atoms with E-state index in [1.165, 1.54) is 23.3 Å². The molecule has 0 saturated carbocycles. The van der Waals surface area contributed by atoms with Crippen molar-refractivity contribution in [3.8, 4) is 22.6 Å². The molecule has 8 nitrogen and oxygen atoms in total. The van der Waals surface area contributed by atoms with Crippen molar-refractivity contribution in [2.75, 3.05) is 0 Å². The summed E-state index contributed by atoms with van der Waals surface area (Å²) >= 11 is 0. The van der Waals surface area contributed by atoms with Crippen molar-refractivity contribution in [1.29, 1.82) is 0 Å². The summed E-state index contributed by atoms with van der Waals surface area (Å²) in [5.74, 6) is -3.36. The predicted octanol–water partition coefficient (Wildman–Crippen LogP) is 6.54. The molecule has 0 saturated heterocycles. The van der Waals surface area contributed by atoms with Gasteiger partial charge in [-0.2, -0.15) is 0 Å². The SMILES string of the molecule is O=C(O)c1cc2ccccc2c(Cc2c(O)c(C(=O)O)cc3ccccc23)c1O.c1cc(-c2ccncc2)ccn1. The zero-order chi connectivity index (χ0) is 28.9. The Kier molecular flexibility index (Phi) is 7.56. The second-order valence-corrected chi connectivity index (χ2v) is 9.20. The number of aromatic carboxylic acids is 2. The molecule has 202 valence electrons. The molecule has 0 amide bonds. The highest BCUT2D eigenvalue weighted by atomic mass is 16.4. The smallest absolute Gasteiger partial charge is 0.339 e. The summed E-state index contributed by atoms with van der Waals surface area (Å²) in [5.41, 5.74) is 2.46. The van der Waals surface area contributed by atoms with Crippen molar-refractivity contribution in [3.05, 3.63) is 132 Å². The summed E-state index contributed by atoms with van der Waals surface area (Å²) in [6.45, 7) is 0. The molecule has 0 aliphatic carbocycles. The van der Waals surface area contributed by atoms with Crippen LogP contribution in [0, 0.1) is 0 Å². The molecule has 0 bridgehead atoms. The molecule has 4 aromatic carbocycles. The van der Waals surface area contributed by atoms with Crippen LogP contribution in [0.25, 0.3) is 32.7 Å². The van der Waals surface area contributed by atoms with E-state index >= 15 is 0 Å². The molecule has 0 spiro atoms. The van der Waals surface area contributed by atoms with Crippen LogP contribution >= 0.6 is 0 Å². The number of phenols is 2. The van der Waals surface area contributed by atoms with Crippen molar-refractivity contribution in [3.63, 3.8) is 0 Å². The molecular weight excluding hydrogens is 520 g/mol. The van der Waals surface area contributed by atoms with Crippen LogP contribution in [0.15, 0.2) is 110 Å². The molecule has 6 rings (SSSR count). The third-order valence-corrected chi connectivity index (χ3v) is 6.76. The van der Waals surface area contributed by atoms with E-state index in [0.29, 0.717) is 32.7 Å². The molecule has 4 N–H and O–H groups in total. The fourth-order valence-electron chi connectivity index (χ4n) is 4.77. The molecule has 41 heavy (non-hydrogen) atoms. The summed E-state index contributed by atoms with van der Waals surface area (Å²) in [4.78, 5) is 31.1. The van der Waals surface area contributed by atoms with Gasteiger partial charge in [0.1, 0.15) is 22.6 Å². The number of aromatic nitrogens is 2. The zero-order valence-electron chi connectivity index (χ0n) is 21.6. The average Bonchev–Trinajstić information content (AvgIpc) is 3.00. The minimum Gasteiger partial charge on any atom is -0.507 e. The fourth-order valence-corrected chi connectivity index (χ4v) is 4.77. The van der Waals surface area contributed by atoms with E-state index in [4.69, 9.17) is 0 Å². The molecule has 2 aromatic heterocycles. The van der Waals surface area contributed by atoms with E-state index < -0.39 is 23.4 Å². The van der Waals surface area contributed by atoms with Gasteiger partial charge in [0.15, 0.2) is 0 Å². The first kappa shape index (κ1) is 26.8. The summed E-state index contributed by atoms with van der Waals surface area (Å²) in [6.07, 6.45) is 7.11. The largest absolute Gasteiger partial charge is 0.507 e. The number of rotatable bonds is 5. The van der Waals surface area contributed by atoms with Gasteiger partial charge in [0.25, 0.3) is 0 Å². The van der Waals surface area contributed by atoms with Crippen molar-refractivity contribution < 1.29 is 30.0 Å². The third kappa shape index (κ3) is 5.53. The maximum Gasteiger partial charge on any atom is 0.339 e. The van der Waals surface area contributed by atoms with E-state index in [-0.39, 0.29) is 17.5 Å². The first-order valence-electron chi connectivity index (χ1n) is 12.6. The van der Waals surface area contributed by atoms with Gasteiger partial charge < -0.3 is 20.4 Å². The second-order valence-electron chi connectivity index (χ2n) is 9.20. The normalized spacial score (nSPS) is 10.6. The number of pyridine rings is 2. The van der Waals surface area contributed by atoms with E-state index in [1.54, 1.807) is 73.3 Å². The van der Waals surface area contributed by atoms with Crippen LogP contribution in [0.2, 0.25) is 0 Å². The Morgan fingerprint density at radius 3 is 1.29 bits per heavy atom. The van der Waals surface area contributed by atoms with Gasteiger partial charge in [0.2, 0.25) is 0 Å². The first-order chi connectivity index (χ1) is 19.8. The number of carbonyl (C=O) groups is 2. The Balaban J connectivity index is 0.000000234. The topological polar surface area (TPSA) is 141 Å². The quantitative estimate of drug-likeness (QED) is 0.192. The van der Waals surface area contributed by atoms with Crippen molar-refractivity contribution in [2.45, 2.75) is 6.42 Å². The Bertz CT molecular complexity index is 1750. The van der Waals surface area contributed by atoms with Crippen LogP contribution in [0.3, 0.4) is 0 Å². The lowest BCUT2D eigenvalue weighted by atomic mass is 9.90. The predicted molar refractivity (Wildman–Crippen MR) is 155 cm³/mol. The number of hydrogen-bond acceptors (Lipinski definition) is 6. The van der Waals surface area contributed by atoms with Crippen molar-refractivity contribution in [2.24, 2.45) is 0 Å². The van der Waals surface area contributed by atoms with Crippen LogP contribution < -0.4 is 0 Å². The Morgan fingerprint density at radius 2 is 0.927 bits per heavy atom. The van der Waals surface area contributed by atoms with Crippen LogP contribution in [-0.2, 0) is 6.42 Å². The second kappa shape index (κ2) is 11.5. The number of aromatic hydroxyl groups is 2. The zero-order valence-corrected chi connectivity index (χ0v) is 21.6. The molecule has 0 aliphatic rings. The molecule has 0 unspecified atom stereocenters. The van der Waals surface area contributed by atoms with Crippen LogP contribution in [-0.4, -0.2) is 42.3 Å². The maximum absolute atomic E-state index is 11.6. The van der Waals surface area contributed by atoms with Crippen LogP contribution in [0.4, 0.5) is 0 Å². The minimum absolute atomic E-state index is 0.0407. The highest BCUT2D eigenvalue weighted by Crippen LogP contribution is 2.38. The maximum atomic E-state index is 11.6. The van der Waals surface area contributed by atoms with Gasteiger partial charge in [-0.1, -0.05) is 48.5 Å². The summed E-state index contributed by atoms with van der Waals surface area (Å²) in [6, 6.07) is 24.7. The molecule has 6 aromatic rings. The Hall–Kier alpha value is -5.76. The number of fused-ring (bicyclic) bond motifs is 2. The molecule has 0 atom stereocenters. The van der Waals surface area contributed by atoms with Gasteiger partial charge in [-0.25, -0.2) is 9.59 Å². The average molecular weight is 545 g/mol. The van der Waals surface area contributed by atoms with Gasteiger partial charge in [0, 0.05) is 42.3 Å². The van der Waals surface area contributed by atoms with Crippen molar-refractivity contribution >= 4 is 33.5 Å². The van der Waals surface area contributed by atoms with Gasteiger partial charge in [-0.15, -0.1) is 0 Å². The lowest BCUT2D eigenvalue weighted by Gasteiger charge is -2.16. The van der Waals surface area contributed by atoms with Gasteiger partial charge in [-0.05, 0) is 69.1 Å². The van der Waals surface area contributed by atoms with E-state index in [1.807, 2.05) is 24.3 Å². The number of benzene rings is 4. The monoisotopic (exact) mass is 544 g/mol. The molecule has 0 fully saturated rings. The molecule has 8 heteroatoms. The van der Waals surface area contributed by atoms with E-state index in [0.717, 1.165) is 0 Å². The standard InChI is InChI=1S/C23H16O6.C10H8N2/c24-20-16(14-7-3-1-5-12(14)9-18(20)22(26)27)11-17-15-8-4-2-6-13(15)10-19(21(17)25)23(28)29;1-5-11-6-2-9(1)10-3-7-12-8-4-10/h1-10,24-25H,11H2,(H,26,27)(H,28,29);1-8H. The fraction of sp³-hybridized carbons (Fsp3) is 0.0303. The minimum atomic E-state index is -1.28. The molecule has 0 aliphatic heterocycles. The third-order valence-electron chi connectivity index (χ3n) is 6.76. The first-order valence-corrected chi connectivity index (χ1v) is 12.6. The van der Waals surface area contributed by atoms with Crippen molar-refractivity contribution in [1.82, 2.24) is 9.97 Å². The Morgan fingerprint density at radius 1 is 0.561 bits per heavy atom. The molecular formula is C33H24N2O6. The van der Waals surface area contributed by atoms with E-state index in [9.17, 15) is 30.0 Å². The van der Waals surface area contributed by atoms with Crippen LogP contribution in [0.5, 0.6) is 11.5 Å². The Labute approximate surface area is 234 Å². The van der Waals surface area contributed by atoms with Gasteiger partial charge in [0.05, 0.1) is 0 Å². The lowest BCUT2D eigenvalue weighted by molar-refractivity contribution is 0.0682.